The summed E-state index contributed by atoms with van der Waals surface area (Å²) in [6.07, 6.45) is 1.36. The van der Waals surface area contributed by atoms with Crippen LogP contribution in [0.15, 0.2) is 18.2 Å². The molecule has 100 valence electrons. The molecule has 0 saturated heterocycles. The van der Waals surface area contributed by atoms with Crippen LogP contribution in [0.1, 0.15) is 38.2 Å². The molecule has 18 heavy (non-hydrogen) atoms. The van der Waals surface area contributed by atoms with Crippen LogP contribution in [0.4, 0.5) is 4.39 Å². The second kappa shape index (κ2) is 6.99. The van der Waals surface area contributed by atoms with E-state index in [1.54, 1.807) is 19.1 Å². The zero-order valence-electron chi connectivity index (χ0n) is 11.0. The molecule has 0 saturated carbocycles. The van der Waals surface area contributed by atoms with E-state index in [2.05, 4.69) is 0 Å². The number of carbonyl (C=O) groups is 1. The average Bonchev–Trinajstić information content (AvgIpc) is 2.36. The molecule has 0 fully saturated rings. The van der Waals surface area contributed by atoms with Gasteiger partial charge in [-0.15, -0.1) is 0 Å². The summed E-state index contributed by atoms with van der Waals surface area (Å²) in [7, 11) is 1.48. The Morgan fingerprint density at radius 3 is 2.61 bits per heavy atom. The van der Waals surface area contributed by atoms with Crippen LogP contribution in [-0.2, 0) is 9.53 Å². The van der Waals surface area contributed by atoms with Crippen molar-refractivity contribution < 1.29 is 18.7 Å². The van der Waals surface area contributed by atoms with E-state index < -0.39 is 11.7 Å². The predicted octanol–water partition coefficient (Wildman–Crippen LogP) is 3.28. The molecule has 0 amide bonds. The predicted molar refractivity (Wildman–Crippen MR) is 67.2 cm³/mol. The molecular formula is C14H19FO3. The quantitative estimate of drug-likeness (QED) is 0.731. The lowest BCUT2D eigenvalue weighted by Gasteiger charge is -2.16. The van der Waals surface area contributed by atoms with Gasteiger partial charge in [0.05, 0.1) is 19.6 Å². The van der Waals surface area contributed by atoms with Gasteiger partial charge in [0, 0.05) is 11.6 Å². The van der Waals surface area contributed by atoms with Gasteiger partial charge in [-0.2, -0.15) is 0 Å². The Balaban J connectivity index is 3.01. The van der Waals surface area contributed by atoms with Gasteiger partial charge in [-0.3, -0.25) is 4.79 Å². The van der Waals surface area contributed by atoms with Gasteiger partial charge < -0.3 is 9.47 Å². The van der Waals surface area contributed by atoms with Crippen molar-refractivity contribution in [3.63, 3.8) is 0 Å². The fraction of sp³-hybridized carbons (Fsp3) is 0.500. The zero-order chi connectivity index (χ0) is 13.5. The molecule has 1 unspecified atom stereocenters. The Kier molecular flexibility index (Phi) is 5.62. The second-order valence-corrected chi connectivity index (χ2v) is 3.98. The summed E-state index contributed by atoms with van der Waals surface area (Å²) >= 11 is 0. The number of ether oxygens (including phenoxy) is 2. The maximum Gasteiger partial charge on any atom is 0.313 e. The van der Waals surface area contributed by atoms with Crippen molar-refractivity contribution in [3.8, 4) is 5.75 Å². The molecule has 1 aromatic carbocycles. The van der Waals surface area contributed by atoms with Gasteiger partial charge in [0.25, 0.3) is 0 Å². The third kappa shape index (κ3) is 3.45. The Hall–Kier alpha value is -1.58. The molecule has 1 atom stereocenters. The molecule has 4 heteroatoms. The van der Waals surface area contributed by atoms with E-state index in [-0.39, 0.29) is 5.97 Å². The molecule has 0 aromatic heterocycles. The summed E-state index contributed by atoms with van der Waals surface area (Å²) in [5, 5.41) is 0. The molecule has 0 aliphatic carbocycles. The molecule has 1 rings (SSSR count). The van der Waals surface area contributed by atoms with E-state index in [0.29, 0.717) is 24.3 Å². The van der Waals surface area contributed by atoms with Gasteiger partial charge >= 0.3 is 5.97 Å². The molecule has 0 bridgehead atoms. The van der Waals surface area contributed by atoms with Crippen LogP contribution in [0.3, 0.4) is 0 Å². The number of hydrogen-bond acceptors (Lipinski definition) is 3. The molecule has 0 aliphatic heterocycles. The largest absolute Gasteiger partial charge is 0.497 e. The van der Waals surface area contributed by atoms with E-state index in [9.17, 15) is 9.18 Å². The van der Waals surface area contributed by atoms with Gasteiger partial charge in [-0.05, 0) is 19.4 Å². The third-order valence-electron chi connectivity index (χ3n) is 2.73. The maximum absolute atomic E-state index is 13.9. The lowest BCUT2D eigenvalue weighted by Crippen LogP contribution is -2.17. The number of carbonyl (C=O) groups excluding carboxylic acids is 1. The number of halogens is 1. The van der Waals surface area contributed by atoms with Crippen LogP contribution in [-0.4, -0.2) is 19.7 Å². The zero-order valence-corrected chi connectivity index (χ0v) is 11.0. The standard InChI is InChI=1S/C14H19FO3/c1-4-6-12(14(16)18-5-2)11-8-7-10(17-3)9-13(11)15/h7-9,12H,4-6H2,1-3H3. The summed E-state index contributed by atoms with van der Waals surface area (Å²) in [5.74, 6) is -0.902. The van der Waals surface area contributed by atoms with Crippen molar-refractivity contribution in [1.29, 1.82) is 0 Å². The highest BCUT2D eigenvalue weighted by Crippen LogP contribution is 2.28. The summed E-state index contributed by atoms with van der Waals surface area (Å²) < 4.78 is 23.9. The van der Waals surface area contributed by atoms with Gasteiger partial charge in [0.15, 0.2) is 0 Å². The van der Waals surface area contributed by atoms with Crippen molar-refractivity contribution in [2.75, 3.05) is 13.7 Å². The lowest BCUT2D eigenvalue weighted by molar-refractivity contribution is -0.145. The van der Waals surface area contributed by atoms with E-state index in [1.165, 1.54) is 13.2 Å². The third-order valence-corrected chi connectivity index (χ3v) is 2.73. The van der Waals surface area contributed by atoms with Crippen LogP contribution in [0, 0.1) is 5.82 Å². The fourth-order valence-corrected chi connectivity index (χ4v) is 1.85. The Morgan fingerprint density at radius 1 is 1.39 bits per heavy atom. The van der Waals surface area contributed by atoms with E-state index in [4.69, 9.17) is 9.47 Å². The summed E-state index contributed by atoms with van der Waals surface area (Å²) in [5.41, 5.74) is 0.371. The van der Waals surface area contributed by atoms with Crippen molar-refractivity contribution in [2.24, 2.45) is 0 Å². The first-order valence-corrected chi connectivity index (χ1v) is 6.14. The number of esters is 1. The molecule has 0 aliphatic rings. The van der Waals surface area contributed by atoms with Crippen LogP contribution in [0.25, 0.3) is 0 Å². The Labute approximate surface area is 107 Å². The number of benzene rings is 1. The first-order chi connectivity index (χ1) is 8.63. The average molecular weight is 254 g/mol. The summed E-state index contributed by atoms with van der Waals surface area (Å²) in [4.78, 5) is 11.8. The van der Waals surface area contributed by atoms with Crippen LogP contribution >= 0.6 is 0 Å². The topological polar surface area (TPSA) is 35.5 Å². The summed E-state index contributed by atoms with van der Waals surface area (Å²) in [6, 6.07) is 4.53. The van der Waals surface area contributed by atoms with Crippen molar-refractivity contribution in [2.45, 2.75) is 32.6 Å². The first-order valence-electron chi connectivity index (χ1n) is 6.14. The van der Waals surface area contributed by atoms with Crippen LogP contribution in [0.2, 0.25) is 0 Å². The highest BCUT2D eigenvalue weighted by molar-refractivity contribution is 5.78. The number of hydrogen-bond donors (Lipinski definition) is 0. The van der Waals surface area contributed by atoms with Crippen molar-refractivity contribution >= 4 is 5.97 Å². The van der Waals surface area contributed by atoms with Gasteiger partial charge in [0.1, 0.15) is 11.6 Å². The second-order valence-electron chi connectivity index (χ2n) is 3.98. The normalized spacial score (nSPS) is 12.0. The van der Waals surface area contributed by atoms with Crippen molar-refractivity contribution in [1.82, 2.24) is 0 Å². The number of methoxy groups -OCH3 is 1. The Bertz CT molecular complexity index is 404. The van der Waals surface area contributed by atoms with Gasteiger partial charge in [-0.25, -0.2) is 4.39 Å². The van der Waals surface area contributed by atoms with E-state index >= 15 is 0 Å². The summed E-state index contributed by atoms with van der Waals surface area (Å²) in [6.45, 7) is 4.00. The van der Waals surface area contributed by atoms with Crippen LogP contribution in [0.5, 0.6) is 5.75 Å². The van der Waals surface area contributed by atoms with E-state index in [0.717, 1.165) is 6.42 Å². The van der Waals surface area contributed by atoms with Crippen LogP contribution < -0.4 is 4.74 Å². The monoisotopic (exact) mass is 254 g/mol. The first kappa shape index (κ1) is 14.5. The number of rotatable bonds is 6. The lowest BCUT2D eigenvalue weighted by atomic mass is 9.94. The minimum atomic E-state index is -0.541. The van der Waals surface area contributed by atoms with Crippen molar-refractivity contribution in [3.05, 3.63) is 29.6 Å². The van der Waals surface area contributed by atoms with Gasteiger partial charge in [-0.1, -0.05) is 19.4 Å². The molecule has 0 N–H and O–H groups in total. The molecule has 0 spiro atoms. The minimum Gasteiger partial charge on any atom is -0.497 e. The molecule has 1 aromatic rings. The smallest absolute Gasteiger partial charge is 0.313 e. The molecule has 0 heterocycles. The minimum absolute atomic E-state index is 0.302. The molecule has 0 radical (unpaired) electrons. The molecule has 3 nitrogen and oxygen atoms in total. The van der Waals surface area contributed by atoms with E-state index in [1.807, 2.05) is 6.92 Å². The maximum atomic E-state index is 13.9. The highest BCUT2D eigenvalue weighted by atomic mass is 19.1. The fourth-order valence-electron chi connectivity index (χ4n) is 1.85. The molecular weight excluding hydrogens is 235 g/mol. The highest BCUT2D eigenvalue weighted by Gasteiger charge is 2.24. The Morgan fingerprint density at radius 2 is 2.11 bits per heavy atom. The van der Waals surface area contributed by atoms with Gasteiger partial charge in [0.2, 0.25) is 0 Å². The SMILES string of the molecule is CCCC(C(=O)OCC)c1ccc(OC)cc1F.